The summed E-state index contributed by atoms with van der Waals surface area (Å²) in [5.74, 6) is -0.353. The zero-order valence-electron chi connectivity index (χ0n) is 19.2. The fourth-order valence-corrected chi connectivity index (χ4v) is 4.20. The van der Waals surface area contributed by atoms with Crippen LogP contribution in [0.15, 0.2) is 47.7 Å². The molecule has 170 valence electrons. The van der Waals surface area contributed by atoms with Gasteiger partial charge in [-0.1, -0.05) is 19.9 Å². The fraction of sp³-hybridized carbons (Fsp3) is 0.440. The molecule has 0 unspecified atom stereocenters. The van der Waals surface area contributed by atoms with Crippen LogP contribution in [0.3, 0.4) is 0 Å². The largest absolute Gasteiger partial charge is 0.375 e. The van der Waals surface area contributed by atoms with Gasteiger partial charge >= 0.3 is 0 Å². The van der Waals surface area contributed by atoms with Crippen LogP contribution >= 0.6 is 0 Å². The molecule has 1 aliphatic heterocycles. The van der Waals surface area contributed by atoms with E-state index in [9.17, 15) is 4.79 Å². The Balaban J connectivity index is 1.77. The van der Waals surface area contributed by atoms with Gasteiger partial charge in [-0.25, -0.2) is 4.39 Å². The van der Waals surface area contributed by atoms with E-state index in [1.54, 1.807) is 30.6 Å². The van der Waals surface area contributed by atoms with Gasteiger partial charge in [0.1, 0.15) is 0 Å². The molecule has 0 aliphatic carbocycles. The van der Waals surface area contributed by atoms with Crippen molar-refractivity contribution >= 4 is 5.69 Å². The molecule has 7 heteroatoms. The molecule has 0 bridgehead atoms. The van der Waals surface area contributed by atoms with E-state index in [-0.39, 0.29) is 23.4 Å². The lowest BCUT2D eigenvalue weighted by atomic mass is 10.00. The highest BCUT2D eigenvalue weighted by atomic mass is 19.1. The quantitative estimate of drug-likeness (QED) is 0.581. The maximum Gasteiger partial charge on any atom is 0.258 e. The number of nitrogens with zero attached hydrogens (tertiary/aromatic N) is 4. The van der Waals surface area contributed by atoms with E-state index in [1.807, 2.05) is 44.6 Å². The van der Waals surface area contributed by atoms with E-state index in [0.717, 1.165) is 30.9 Å². The van der Waals surface area contributed by atoms with Gasteiger partial charge in [0.15, 0.2) is 5.82 Å². The molecule has 1 aromatic carbocycles. The summed E-state index contributed by atoms with van der Waals surface area (Å²) in [6, 6.07) is 7.31. The van der Waals surface area contributed by atoms with Crippen LogP contribution < -0.4 is 10.5 Å². The first kappa shape index (κ1) is 22.3. The van der Waals surface area contributed by atoms with Gasteiger partial charge in [-0.05, 0) is 49.1 Å². The van der Waals surface area contributed by atoms with Crippen molar-refractivity contribution in [3.63, 3.8) is 0 Å². The zero-order chi connectivity index (χ0) is 22.8. The number of benzene rings is 1. The second-order valence-corrected chi connectivity index (χ2v) is 8.74. The third-order valence-corrected chi connectivity index (χ3v) is 5.99. The van der Waals surface area contributed by atoms with Crippen molar-refractivity contribution in [1.29, 1.82) is 0 Å². The van der Waals surface area contributed by atoms with Crippen LogP contribution in [-0.2, 0) is 17.7 Å². The van der Waals surface area contributed by atoms with Gasteiger partial charge in [0.25, 0.3) is 5.56 Å². The molecule has 1 aliphatic rings. The van der Waals surface area contributed by atoms with Crippen molar-refractivity contribution in [2.75, 3.05) is 24.6 Å². The van der Waals surface area contributed by atoms with Crippen LogP contribution in [0.5, 0.6) is 0 Å². The Labute approximate surface area is 188 Å². The predicted molar refractivity (Wildman–Crippen MR) is 124 cm³/mol. The molecule has 32 heavy (non-hydrogen) atoms. The first-order valence-electron chi connectivity index (χ1n) is 11.3. The normalized spacial score (nSPS) is 16.7. The van der Waals surface area contributed by atoms with Crippen molar-refractivity contribution in [2.24, 2.45) is 0 Å². The molecule has 0 N–H and O–H groups in total. The third kappa shape index (κ3) is 4.48. The maximum atomic E-state index is 15.6. The monoisotopic (exact) mass is 438 g/mol. The van der Waals surface area contributed by atoms with E-state index in [4.69, 9.17) is 4.74 Å². The van der Waals surface area contributed by atoms with Crippen molar-refractivity contribution in [1.82, 2.24) is 14.3 Å². The van der Waals surface area contributed by atoms with Crippen LogP contribution in [0.1, 0.15) is 50.3 Å². The van der Waals surface area contributed by atoms with Gasteiger partial charge in [-0.15, -0.1) is 0 Å². The van der Waals surface area contributed by atoms with Crippen LogP contribution in [0.4, 0.5) is 10.1 Å². The SMILES string of the molecule is CCn1cc(Cc2cccn(-c3cc(N4CCO[C@H](C)C4)cc(C(C)C)c3F)c2=O)cn1. The topological polar surface area (TPSA) is 52.3 Å². The Hall–Kier alpha value is -2.93. The number of pyridine rings is 1. The molecular formula is C25H31FN4O2. The zero-order valence-corrected chi connectivity index (χ0v) is 19.2. The number of rotatable bonds is 6. The summed E-state index contributed by atoms with van der Waals surface area (Å²) in [6.07, 6.45) is 5.93. The standard InChI is InChI=1S/C25H31FN4O2/c1-5-29-16-19(14-27-29)11-20-7-6-8-30(25(20)31)23-13-21(12-22(17(2)3)24(23)26)28-9-10-32-18(4)15-28/h6-8,12-14,16-18H,5,9-11,15H2,1-4H3/t18-/m1/s1. The highest BCUT2D eigenvalue weighted by molar-refractivity contribution is 5.58. The summed E-state index contributed by atoms with van der Waals surface area (Å²) in [4.78, 5) is 15.6. The summed E-state index contributed by atoms with van der Waals surface area (Å²) in [5.41, 5.74) is 3.18. The van der Waals surface area contributed by atoms with Gasteiger partial charge in [0.2, 0.25) is 0 Å². The number of ether oxygens (including phenoxy) is 1. The summed E-state index contributed by atoms with van der Waals surface area (Å²) >= 11 is 0. The van der Waals surface area contributed by atoms with E-state index in [1.165, 1.54) is 4.57 Å². The number of hydrogen-bond acceptors (Lipinski definition) is 4. The number of aryl methyl sites for hydroxylation is 1. The molecule has 4 rings (SSSR count). The minimum absolute atomic E-state index is 0.00840. The molecule has 0 spiro atoms. The molecule has 1 fully saturated rings. The smallest absolute Gasteiger partial charge is 0.258 e. The van der Waals surface area contributed by atoms with E-state index in [0.29, 0.717) is 29.8 Å². The number of anilines is 1. The minimum Gasteiger partial charge on any atom is -0.375 e. The summed E-state index contributed by atoms with van der Waals surface area (Å²) in [6.45, 7) is 10.9. The van der Waals surface area contributed by atoms with Crippen LogP contribution in [-0.4, -0.2) is 40.1 Å². The van der Waals surface area contributed by atoms with Gasteiger partial charge in [0.05, 0.1) is 24.6 Å². The van der Waals surface area contributed by atoms with Crippen LogP contribution in [0, 0.1) is 5.82 Å². The first-order valence-corrected chi connectivity index (χ1v) is 11.3. The third-order valence-electron chi connectivity index (χ3n) is 5.99. The number of aromatic nitrogens is 3. The van der Waals surface area contributed by atoms with Crippen molar-refractivity contribution in [2.45, 2.75) is 52.7 Å². The van der Waals surface area contributed by atoms with Crippen LogP contribution in [0.25, 0.3) is 5.69 Å². The molecule has 1 saturated heterocycles. The lowest BCUT2D eigenvalue weighted by Gasteiger charge is -2.33. The molecule has 3 aromatic rings. The van der Waals surface area contributed by atoms with Crippen molar-refractivity contribution in [3.05, 3.63) is 75.7 Å². The Morgan fingerprint density at radius 1 is 1.31 bits per heavy atom. The van der Waals surface area contributed by atoms with Gasteiger partial charge in [-0.2, -0.15) is 5.10 Å². The van der Waals surface area contributed by atoms with E-state index < -0.39 is 0 Å². The highest BCUT2D eigenvalue weighted by Crippen LogP contribution is 2.30. The number of hydrogen-bond donors (Lipinski definition) is 0. The Morgan fingerprint density at radius 3 is 2.81 bits per heavy atom. The Kier molecular flexibility index (Phi) is 6.46. The van der Waals surface area contributed by atoms with Crippen molar-refractivity contribution in [3.8, 4) is 5.69 Å². The second kappa shape index (κ2) is 9.28. The van der Waals surface area contributed by atoms with E-state index >= 15 is 4.39 Å². The molecule has 3 heterocycles. The first-order chi connectivity index (χ1) is 15.4. The molecule has 2 aromatic heterocycles. The predicted octanol–water partition coefficient (Wildman–Crippen LogP) is 4.13. The van der Waals surface area contributed by atoms with Crippen LogP contribution in [0.2, 0.25) is 0 Å². The molecule has 0 amide bonds. The Bertz CT molecular complexity index is 1150. The minimum atomic E-state index is -0.344. The average molecular weight is 439 g/mol. The second-order valence-electron chi connectivity index (χ2n) is 8.74. The highest BCUT2D eigenvalue weighted by Gasteiger charge is 2.22. The lowest BCUT2D eigenvalue weighted by Crippen LogP contribution is -2.41. The molecule has 0 saturated carbocycles. The van der Waals surface area contributed by atoms with Gasteiger partial charge in [-0.3, -0.25) is 14.0 Å². The molecular weight excluding hydrogens is 407 g/mol. The van der Waals surface area contributed by atoms with Gasteiger partial charge in [0, 0.05) is 49.7 Å². The van der Waals surface area contributed by atoms with Crippen molar-refractivity contribution < 1.29 is 9.13 Å². The molecule has 6 nitrogen and oxygen atoms in total. The molecule has 1 atom stereocenters. The van der Waals surface area contributed by atoms with E-state index in [2.05, 4.69) is 10.00 Å². The summed E-state index contributed by atoms with van der Waals surface area (Å²) in [7, 11) is 0. The number of halogens is 1. The Morgan fingerprint density at radius 2 is 2.12 bits per heavy atom. The maximum absolute atomic E-state index is 15.6. The summed E-state index contributed by atoms with van der Waals surface area (Å²) < 4.78 is 24.5. The number of morpholine rings is 1. The average Bonchev–Trinajstić information content (AvgIpc) is 3.23. The summed E-state index contributed by atoms with van der Waals surface area (Å²) in [5, 5.41) is 4.29. The lowest BCUT2D eigenvalue weighted by molar-refractivity contribution is 0.0532. The fourth-order valence-electron chi connectivity index (χ4n) is 4.20. The molecule has 0 radical (unpaired) electrons. The van der Waals surface area contributed by atoms with Gasteiger partial charge < -0.3 is 9.64 Å².